The molecule has 2 N–H and O–H groups in total. The maximum Gasteiger partial charge on any atom is 0.315 e. The molecule has 0 bridgehead atoms. The molecule has 2 heterocycles. The third-order valence-electron chi connectivity index (χ3n) is 5.79. The molecule has 0 radical (unpaired) electrons. The Labute approximate surface area is 134 Å². The number of ether oxygens (including phenoxy) is 1. The molecule has 1 aromatic rings. The molecule has 1 aromatic heterocycles. The van der Waals surface area contributed by atoms with Crippen molar-refractivity contribution in [1.82, 2.24) is 15.6 Å². The Morgan fingerprint density at radius 1 is 1.59 bits per heavy atom. The number of hydrogen-bond acceptors (Lipinski definition) is 4. The number of thiazole rings is 1. The molecule has 3 aliphatic rings. The van der Waals surface area contributed by atoms with Crippen LogP contribution in [0, 0.1) is 11.3 Å². The maximum atomic E-state index is 12.4. The highest BCUT2D eigenvalue weighted by atomic mass is 32.1. The summed E-state index contributed by atoms with van der Waals surface area (Å²) in [5.41, 5.74) is 0.237. The van der Waals surface area contributed by atoms with Crippen molar-refractivity contribution < 1.29 is 9.53 Å². The van der Waals surface area contributed by atoms with E-state index < -0.39 is 0 Å². The van der Waals surface area contributed by atoms with Gasteiger partial charge >= 0.3 is 6.03 Å². The zero-order valence-electron chi connectivity index (χ0n) is 12.9. The second-order valence-corrected chi connectivity index (χ2v) is 7.68. The Balaban J connectivity index is 1.39. The van der Waals surface area contributed by atoms with Crippen LogP contribution >= 0.6 is 11.3 Å². The number of aromatic nitrogens is 1. The molecule has 0 aromatic carbocycles. The van der Waals surface area contributed by atoms with Gasteiger partial charge in [-0.25, -0.2) is 9.78 Å². The zero-order chi connectivity index (χ0) is 15.2. The summed E-state index contributed by atoms with van der Waals surface area (Å²) < 4.78 is 5.90. The second kappa shape index (κ2) is 5.49. The van der Waals surface area contributed by atoms with Crippen LogP contribution in [-0.4, -0.2) is 29.8 Å². The highest BCUT2D eigenvalue weighted by Crippen LogP contribution is 2.62. The molecule has 1 saturated heterocycles. The van der Waals surface area contributed by atoms with E-state index in [0.29, 0.717) is 18.1 Å². The molecule has 2 amide bonds. The van der Waals surface area contributed by atoms with E-state index in [2.05, 4.69) is 22.5 Å². The third-order valence-corrected chi connectivity index (χ3v) is 6.67. The first kappa shape index (κ1) is 14.5. The number of nitrogens with one attached hydrogen (secondary N) is 2. The average molecular weight is 321 g/mol. The van der Waals surface area contributed by atoms with Crippen molar-refractivity contribution in [1.29, 1.82) is 0 Å². The van der Waals surface area contributed by atoms with Gasteiger partial charge < -0.3 is 15.4 Å². The number of hydrogen-bond donors (Lipinski definition) is 2. The number of urea groups is 1. The van der Waals surface area contributed by atoms with Crippen molar-refractivity contribution in [3.63, 3.8) is 0 Å². The van der Waals surface area contributed by atoms with Crippen LogP contribution in [0.2, 0.25) is 0 Å². The second-order valence-electron chi connectivity index (χ2n) is 6.76. The van der Waals surface area contributed by atoms with Crippen molar-refractivity contribution in [2.24, 2.45) is 11.3 Å². The Morgan fingerprint density at radius 2 is 2.45 bits per heavy atom. The van der Waals surface area contributed by atoms with Crippen LogP contribution < -0.4 is 10.6 Å². The Morgan fingerprint density at radius 3 is 3.09 bits per heavy atom. The monoisotopic (exact) mass is 321 g/mol. The van der Waals surface area contributed by atoms with E-state index in [1.54, 1.807) is 17.5 Å². The molecule has 2 aliphatic carbocycles. The predicted molar refractivity (Wildman–Crippen MR) is 84.7 cm³/mol. The van der Waals surface area contributed by atoms with E-state index in [1.807, 2.05) is 5.38 Å². The largest absolute Gasteiger partial charge is 0.377 e. The Kier molecular flexibility index (Phi) is 3.61. The van der Waals surface area contributed by atoms with Gasteiger partial charge in [0.15, 0.2) is 0 Å². The molecular formula is C16H23N3O2S. The third kappa shape index (κ3) is 2.07. The summed E-state index contributed by atoms with van der Waals surface area (Å²) in [5, 5.41) is 9.28. The number of fused-ring (bicyclic) bond motifs is 2. The normalized spacial score (nSPS) is 32.7. The quantitative estimate of drug-likeness (QED) is 0.896. The molecule has 2 saturated carbocycles. The van der Waals surface area contributed by atoms with Gasteiger partial charge in [-0.1, -0.05) is 13.3 Å². The molecule has 5 nitrogen and oxygen atoms in total. The molecule has 0 unspecified atom stereocenters. The van der Waals surface area contributed by atoms with Crippen LogP contribution in [0.3, 0.4) is 0 Å². The summed E-state index contributed by atoms with van der Waals surface area (Å²) in [4.78, 5) is 16.8. The van der Waals surface area contributed by atoms with Crippen LogP contribution in [0.1, 0.15) is 50.1 Å². The van der Waals surface area contributed by atoms with Crippen molar-refractivity contribution in [3.8, 4) is 0 Å². The molecule has 4 atom stereocenters. The van der Waals surface area contributed by atoms with Gasteiger partial charge in [0, 0.05) is 35.6 Å². The van der Waals surface area contributed by atoms with Crippen molar-refractivity contribution in [3.05, 3.63) is 16.6 Å². The van der Waals surface area contributed by atoms with E-state index in [1.165, 1.54) is 19.3 Å². The Hall–Kier alpha value is -1.14. The highest BCUT2D eigenvalue weighted by molar-refractivity contribution is 7.09. The number of carbonyl (C=O) groups is 1. The summed E-state index contributed by atoms with van der Waals surface area (Å²) in [6.45, 7) is 2.93. The fraction of sp³-hybridized carbons (Fsp3) is 0.750. The minimum absolute atomic E-state index is 0.00745. The van der Waals surface area contributed by atoms with Gasteiger partial charge in [0.25, 0.3) is 0 Å². The van der Waals surface area contributed by atoms with Gasteiger partial charge in [-0.3, -0.25) is 0 Å². The molecule has 1 spiro atoms. The standard InChI is InChI=1S/C16H23N3O2S/c1-2-11(14-17-7-9-22-14)18-15(20)19-12-10-4-8-21-13(10)16(12)5-3-6-16/h7,9-13H,2-6,8H2,1H3,(H2,18,19,20)/t10-,11-,12+,13-/m0/s1. The summed E-state index contributed by atoms with van der Waals surface area (Å²) >= 11 is 1.59. The number of carbonyl (C=O) groups excluding carboxylic acids is 1. The van der Waals surface area contributed by atoms with E-state index >= 15 is 0 Å². The first-order valence-corrected chi connectivity index (χ1v) is 9.20. The molecule has 6 heteroatoms. The minimum atomic E-state index is -0.0522. The van der Waals surface area contributed by atoms with Crippen LogP contribution in [0.4, 0.5) is 4.79 Å². The fourth-order valence-electron chi connectivity index (χ4n) is 4.54. The predicted octanol–water partition coefficient (Wildman–Crippen LogP) is 2.85. The highest BCUT2D eigenvalue weighted by Gasteiger charge is 2.67. The lowest BCUT2D eigenvalue weighted by molar-refractivity contribution is -0.172. The van der Waals surface area contributed by atoms with Crippen LogP contribution in [0.15, 0.2) is 11.6 Å². The smallest absolute Gasteiger partial charge is 0.315 e. The molecule has 3 fully saturated rings. The lowest BCUT2D eigenvalue weighted by atomic mass is 9.46. The van der Waals surface area contributed by atoms with Crippen LogP contribution in [0.25, 0.3) is 0 Å². The Bertz CT molecular complexity index is 544. The topological polar surface area (TPSA) is 63.2 Å². The van der Waals surface area contributed by atoms with Crippen LogP contribution in [-0.2, 0) is 4.74 Å². The molecule has 120 valence electrons. The summed E-state index contributed by atoms with van der Waals surface area (Å²) in [5.74, 6) is 0.519. The van der Waals surface area contributed by atoms with Crippen molar-refractivity contribution in [2.75, 3.05) is 6.61 Å². The molecular weight excluding hydrogens is 298 g/mol. The van der Waals surface area contributed by atoms with Gasteiger partial charge in [-0.2, -0.15) is 0 Å². The van der Waals surface area contributed by atoms with E-state index in [9.17, 15) is 4.79 Å². The van der Waals surface area contributed by atoms with Crippen molar-refractivity contribution in [2.45, 2.75) is 57.2 Å². The zero-order valence-corrected chi connectivity index (χ0v) is 13.7. The molecule has 1 aliphatic heterocycles. The first-order valence-electron chi connectivity index (χ1n) is 8.32. The summed E-state index contributed by atoms with van der Waals surface area (Å²) in [6.07, 6.45) is 7.78. The number of amides is 2. The van der Waals surface area contributed by atoms with Crippen molar-refractivity contribution >= 4 is 17.4 Å². The molecule has 4 rings (SSSR count). The fourth-order valence-corrected chi connectivity index (χ4v) is 5.31. The number of nitrogens with zero attached hydrogens (tertiary/aromatic N) is 1. The van der Waals surface area contributed by atoms with Gasteiger partial charge in [-0.15, -0.1) is 11.3 Å². The van der Waals surface area contributed by atoms with Gasteiger partial charge in [0.1, 0.15) is 5.01 Å². The summed E-state index contributed by atoms with van der Waals surface area (Å²) in [7, 11) is 0. The van der Waals surface area contributed by atoms with Gasteiger partial charge in [-0.05, 0) is 25.7 Å². The van der Waals surface area contributed by atoms with E-state index in [-0.39, 0.29) is 17.5 Å². The maximum absolute atomic E-state index is 12.4. The SMILES string of the molecule is CC[C@H](NC(=O)N[C@@H]1[C@@H]2CCO[C@@H]2C12CCC2)c1nccs1. The summed E-state index contributed by atoms with van der Waals surface area (Å²) in [6, 6.07) is 0.249. The average Bonchev–Trinajstić information content (AvgIpc) is 3.11. The molecule has 22 heavy (non-hydrogen) atoms. The van der Waals surface area contributed by atoms with E-state index in [0.717, 1.165) is 24.5 Å². The number of rotatable bonds is 4. The first-order chi connectivity index (χ1) is 10.7. The van der Waals surface area contributed by atoms with Gasteiger partial charge in [0.05, 0.1) is 12.1 Å². The van der Waals surface area contributed by atoms with E-state index in [4.69, 9.17) is 4.74 Å². The minimum Gasteiger partial charge on any atom is -0.377 e. The van der Waals surface area contributed by atoms with Crippen LogP contribution in [0.5, 0.6) is 0 Å². The lowest BCUT2D eigenvalue weighted by Gasteiger charge is -2.63. The van der Waals surface area contributed by atoms with Gasteiger partial charge in [0.2, 0.25) is 0 Å². The lowest BCUT2D eigenvalue weighted by Crippen LogP contribution is -2.72.